The highest BCUT2D eigenvalue weighted by atomic mass is 35.5. The quantitative estimate of drug-likeness (QED) is 0.871. The number of benzene rings is 1. The topological polar surface area (TPSA) is 21.3 Å². The largest absolute Gasteiger partial charge is 0.493 e. The predicted octanol–water partition coefficient (Wildman–Crippen LogP) is 3.25. The Balaban J connectivity index is 1.71. The van der Waals surface area contributed by atoms with Gasteiger partial charge in [0.1, 0.15) is 5.75 Å². The van der Waals surface area contributed by atoms with Crippen molar-refractivity contribution in [2.24, 2.45) is 0 Å². The van der Waals surface area contributed by atoms with Gasteiger partial charge in [0.2, 0.25) is 0 Å². The second-order valence-corrected chi connectivity index (χ2v) is 4.68. The fourth-order valence-electron chi connectivity index (χ4n) is 2.05. The van der Waals surface area contributed by atoms with Crippen LogP contribution in [0.4, 0.5) is 0 Å². The lowest BCUT2D eigenvalue weighted by molar-refractivity contribution is 0.268. The van der Waals surface area contributed by atoms with Crippen LogP contribution in [0.1, 0.15) is 25.7 Å². The Bertz CT molecular complexity index is 323. The lowest BCUT2D eigenvalue weighted by Crippen LogP contribution is -2.35. The summed E-state index contributed by atoms with van der Waals surface area (Å²) in [5.41, 5.74) is 0. The number of piperidine rings is 1. The van der Waals surface area contributed by atoms with Crippen LogP contribution in [-0.2, 0) is 0 Å². The Kier molecular flexibility index (Phi) is 4.49. The molecule has 0 aromatic heterocycles. The van der Waals surface area contributed by atoms with Crippen molar-refractivity contribution < 1.29 is 4.74 Å². The Morgan fingerprint density at radius 2 is 2.31 bits per heavy atom. The molecule has 1 heterocycles. The normalized spacial score (nSPS) is 20.7. The van der Waals surface area contributed by atoms with Crippen LogP contribution in [0.25, 0.3) is 0 Å². The molecule has 16 heavy (non-hydrogen) atoms. The van der Waals surface area contributed by atoms with Gasteiger partial charge in [-0.25, -0.2) is 0 Å². The molecule has 2 nitrogen and oxygen atoms in total. The van der Waals surface area contributed by atoms with E-state index in [2.05, 4.69) is 5.32 Å². The van der Waals surface area contributed by atoms with Crippen LogP contribution in [0.15, 0.2) is 24.3 Å². The summed E-state index contributed by atoms with van der Waals surface area (Å²) in [5, 5.41) is 4.24. The Morgan fingerprint density at radius 1 is 1.38 bits per heavy atom. The van der Waals surface area contributed by atoms with Gasteiger partial charge in [0.05, 0.1) is 6.61 Å². The first-order valence-corrected chi connectivity index (χ1v) is 6.34. The molecule has 1 atom stereocenters. The highest BCUT2D eigenvalue weighted by Gasteiger charge is 2.11. The molecule has 1 aliphatic heterocycles. The first-order chi connectivity index (χ1) is 7.84. The molecule has 0 bridgehead atoms. The van der Waals surface area contributed by atoms with Crippen LogP contribution < -0.4 is 10.1 Å². The van der Waals surface area contributed by atoms with E-state index in [1.54, 1.807) is 0 Å². The maximum atomic E-state index is 5.88. The molecule has 1 saturated heterocycles. The molecule has 3 heteroatoms. The Labute approximate surface area is 102 Å². The lowest BCUT2D eigenvalue weighted by Gasteiger charge is -2.23. The fourth-order valence-corrected chi connectivity index (χ4v) is 2.23. The average Bonchev–Trinajstić information content (AvgIpc) is 2.30. The molecule has 0 saturated carbocycles. The molecule has 88 valence electrons. The number of nitrogens with one attached hydrogen (secondary N) is 1. The molecule has 1 aliphatic rings. The van der Waals surface area contributed by atoms with Crippen molar-refractivity contribution in [1.82, 2.24) is 5.32 Å². The van der Waals surface area contributed by atoms with E-state index in [1.165, 1.54) is 19.3 Å². The van der Waals surface area contributed by atoms with E-state index < -0.39 is 0 Å². The van der Waals surface area contributed by atoms with Gasteiger partial charge in [0.15, 0.2) is 0 Å². The molecule has 0 radical (unpaired) electrons. The smallest absolute Gasteiger partial charge is 0.120 e. The predicted molar refractivity (Wildman–Crippen MR) is 67.2 cm³/mol. The van der Waals surface area contributed by atoms with Gasteiger partial charge < -0.3 is 10.1 Å². The highest BCUT2D eigenvalue weighted by molar-refractivity contribution is 6.30. The monoisotopic (exact) mass is 239 g/mol. The minimum Gasteiger partial charge on any atom is -0.493 e. The van der Waals surface area contributed by atoms with E-state index in [0.29, 0.717) is 6.04 Å². The summed E-state index contributed by atoms with van der Waals surface area (Å²) in [6.07, 6.45) is 5.01. The van der Waals surface area contributed by atoms with Gasteiger partial charge in [0, 0.05) is 11.1 Å². The van der Waals surface area contributed by atoms with Crippen LogP contribution in [-0.4, -0.2) is 19.2 Å². The van der Waals surface area contributed by atoms with Crippen molar-refractivity contribution in [1.29, 1.82) is 0 Å². The van der Waals surface area contributed by atoms with Crippen LogP contribution in [0.5, 0.6) is 5.75 Å². The summed E-state index contributed by atoms with van der Waals surface area (Å²) in [6, 6.07) is 8.21. The molecule has 1 aromatic carbocycles. The number of halogens is 1. The summed E-state index contributed by atoms with van der Waals surface area (Å²) in [4.78, 5) is 0. The number of hydrogen-bond donors (Lipinski definition) is 1. The second kappa shape index (κ2) is 6.12. The van der Waals surface area contributed by atoms with Crippen molar-refractivity contribution in [3.05, 3.63) is 29.3 Å². The van der Waals surface area contributed by atoms with Crippen molar-refractivity contribution in [3.8, 4) is 5.75 Å². The summed E-state index contributed by atoms with van der Waals surface area (Å²) < 4.78 is 5.67. The molecule has 0 amide bonds. The maximum Gasteiger partial charge on any atom is 0.120 e. The van der Waals surface area contributed by atoms with Gasteiger partial charge in [-0.15, -0.1) is 0 Å². The molecule has 1 aromatic rings. The number of rotatable bonds is 4. The number of hydrogen-bond acceptors (Lipinski definition) is 2. The van der Waals surface area contributed by atoms with Crippen LogP contribution in [0, 0.1) is 0 Å². The molecular weight excluding hydrogens is 222 g/mol. The summed E-state index contributed by atoms with van der Waals surface area (Å²) >= 11 is 5.88. The third-order valence-corrected chi connectivity index (χ3v) is 3.18. The molecule has 0 unspecified atom stereocenters. The molecular formula is C13H18ClNO. The summed E-state index contributed by atoms with van der Waals surface area (Å²) in [7, 11) is 0. The SMILES string of the molecule is Clc1cccc(OCC[C@H]2CCCCN2)c1. The molecule has 0 spiro atoms. The van der Waals surface area contributed by atoms with E-state index in [-0.39, 0.29) is 0 Å². The van der Waals surface area contributed by atoms with Crippen molar-refractivity contribution >= 4 is 11.6 Å². The minimum absolute atomic E-state index is 0.632. The van der Waals surface area contributed by atoms with Gasteiger partial charge >= 0.3 is 0 Å². The van der Waals surface area contributed by atoms with Gasteiger partial charge in [-0.05, 0) is 44.0 Å². The third-order valence-electron chi connectivity index (χ3n) is 2.94. The molecule has 1 fully saturated rings. The van der Waals surface area contributed by atoms with Crippen molar-refractivity contribution in [2.75, 3.05) is 13.2 Å². The zero-order valence-electron chi connectivity index (χ0n) is 9.42. The zero-order valence-corrected chi connectivity index (χ0v) is 10.2. The lowest BCUT2D eigenvalue weighted by atomic mass is 10.0. The molecule has 0 aliphatic carbocycles. The first-order valence-electron chi connectivity index (χ1n) is 5.96. The van der Waals surface area contributed by atoms with Gasteiger partial charge in [-0.2, -0.15) is 0 Å². The summed E-state index contributed by atoms with van der Waals surface area (Å²) in [6.45, 7) is 1.92. The van der Waals surface area contributed by atoms with E-state index in [1.807, 2.05) is 24.3 Å². The first kappa shape index (κ1) is 11.7. The van der Waals surface area contributed by atoms with Crippen LogP contribution in [0.2, 0.25) is 5.02 Å². The third kappa shape index (κ3) is 3.69. The zero-order chi connectivity index (χ0) is 11.2. The van der Waals surface area contributed by atoms with Gasteiger partial charge in [-0.3, -0.25) is 0 Å². The van der Waals surface area contributed by atoms with E-state index >= 15 is 0 Å². The molecule has 1 N–H and O–H groups in total. The Hall–Kier alpha value is -0.730. The fraction of sp³-hybridized carbons (Fsp3) is 0.538. The highest BCUT2D eigenvalue weighted by Crippen LogP contribution is 2.18. The molecule has 2 rings (SSSR count). The van der Waals surface area contributed by atoms with Crippen LogP contribution >= 0.6 is 11.6 Å². The number of ether oxygens (including phenoxy) is 1. The van der Waals surface area contributed by atoms with E-state index in [9.17, 15) is 0 Å². The van der Waals surface area contributed by atoms with E-state index in [4.69, 9.17) is 16.3 Å². The van der Waals surface area contributed by atoms with Crippen molar-refractivity contribution in [3.63, 3.8) is 0 Å². The van der Waals surface area contributed by atoms with Crippen molar-refractivity contribution in [2.45, 2.75) is 31.7 Å². The standard InChI is InChI=1S/C13H18ClNO/c14-11-4-3-6-13(10-11)16-9-7-12-5-1-2-8-15-12/h3-4,6,10,12,15H,1-2,5,7-9H2/t12-/m1/s1. The minimum atomic E-state index is 0.632. The van der Waals surface area contributed by atoms with E-state index in [0.717, 1.165) is 30.3 Å². The summed E-state index contributed by atoms with van der Waals surface area (Å²) in [5.74, 6) is 0.864. The maximum absolute atomic E-state index is 5.88. The Morgan fingerprint density at radius 3 is 3.06 bits per heavy atom. The average molecular weight is 240 g/mol. The van der Waals surface area contributed by atoms with Gasteiger partial charge in [0.25, 0.3) is 0 Å². The second-order valence-electron chi connectivity index (χ2n) is 4.24. The van der Waals surface area contributed by atoms with Crippen LogP contribution in [0.3, 0.4) is 0 Å². The van der Waals surface area contributed by atoms with Gasteiger partial charge in [-0.1, -0.05) is 24.1 Å².